The fraction of sp³-hybridized carbons (Fsp3) is 0.143. The molecule has 0 aliphatic carbocycles. The Balaban J connectivity index is 1.95. The maximum atomic E-state index is 12.7. The molecule has 0 aliphatic heterocycles. The van der Waals surface area contributed by atoms with Crippen molar-refractivity contribution in [1.82, 2.24) is 5.43 Å². The Morgan fingerprint density at radius 1 is 1.25 bits per heavy atom. The van der Waals surface area contributed by atoms with E-state index in [1.165, 1.54) is 30.5 Å². The maximum Gasteiger partial charge on any atom is 0.271 e. The van der Waals surface area contributed by atoms with E-state index in [-0.39, 0.29) is 0 Å². The van der Waals surface area contributed by atoms with Crippen molar-refractivity contribution in [1.29, 1.82) is 0 Å². The zero-order chi connectivity index (χ0) is 14.5. The van der Waals surface area contributed by atoms with Crippen molar-refractivity contribution in [3.05, 3.63) is 53.5 Å². The summed E-state index contributed by atoms with van der Waals surface area (Å²) in [5, 5.41) is 3.78. The van der Waals surface area contributed by atoms with E-state index in [0.29, 0.717) is 17.2 Å². The summed E-state index contributed by atoms with van der Waals surface area (Å²) in [4.78, 5) is 13.5. The van der Waals surface area contributed by atoms with E-state index in [2.05, 4.69) is 10.5 Å². The first-order valence-corrected chi connectivity index (χ1v) is 5.92. The first-order valence-electron chi connectivity index (χ1n) is 5.92. The minimum absolute atomic E-state index is 0.331. The first-order chi connectivity index (χ1) is 9.56. The van der Waals surface area contributed by atoms with Crippen molar-refractivity contribution in [2.75, 3.05) is 19.0 Å². The molecule has 104 valence electrons. The zero-order valence-electron chi connectivity index (χ0n) is 11.1. The Kier molecular flexibility index (Phi) is 4.14. The molecule has 1 aromatic heterocycles. The van der Waals surface area contributed by atoms with Gasteiger partial charge in [0, 0.05) is 25.7 Å². The third-order valence-electron chi connectivity index (χ3n) is 2.52. The number of anilines is 1. The minimum atomic E-state index is -0.416. The monoisotopic (exact) mass is 275 g/mol. The van der Waals surface area contributed by atoms with Gasteiger partial charge in [0.25, 0.3) is 5.91 Å². The van der Waals surface area contributed by atoms with Gasteiger partial charge in [-0.25, -0.2) is 9.82 Å². The van der Waals surface area contributed by atoms with Crippen molar-refractivity contribution in [3.63, 3.8) is 0 Å². The van der Waals surface area contributed by atoms with Gasteiger partial charge in [-0.3, -0.25) is 4.79 Å². The van der Waals surface area contributed by atoms with Gasteiger partial charge in [0.05, 0.1) is 6.21 Å². The molecule has 1 amide bonds. The van der Waals surface area contributed by atoms with Crippen molar-refractivity contribution in [2.45, 2.75) is 0 Å². The van der Waals surface area contributed by atoms with Crippen LogP contribution < -0.4 is 10.3 Å². The van der Waals surface area contributed by atoms with E-state index in [0.717, 1.165) is 0 Å². The van der Waals surface area contributed by atoms with Crippen LogP contribution in [0, 0.1) is 5.82 Å². The number of hydrogen-bond donors (Lipinski definition) is 1. The van der Waals surface area contributed by atoms with E-state index in [1.54, 1.807) is 12.1 Å². The summed E-state index contributed by atoms with van der Waals surface area (Å²) in [7, 11) is 3.71. The van der Waals surface area contributed by atoms with Crippen LogP contribution in [0.15, 0.2) is 45.9 Å². The SMILES string of the molecule is CN(C)c1ccc(/C=N\NC(=O)c2ccc(F)cc2)o1. The third kappa shape index (κ3) is 3.44. The molecule has 1 heterocycles. The van der Waals surface area contributed by atoms with E-state index in [1.807, 2.05) is 19.0 Å². The Bertz CT molecular complexity index is 618. The van der Waals surface area contributed by atoms with E-state index in [4.69, 9.17) is 4.42 Å². The molecular formula is C14H14FN3O2. The molecule has 0 atom stereocenters. The average molecular weight is 275 g/mol. The summed E-state index contributed by atoms with van der Waals surface area (Å²) >= 11 is 0. The standard InChI is InChI=1S/C14H14FN3O2/c1-18(2)13-8-7-12(20-13)9-16-17-14(19)10-3-5-11(15)6-4-10/h3-9H,1-2H3,(H,17,19)/b16-9-. The Hall–Kier alpha value is -2.63. The molecule has 20 heavy (non-hydrogen) atoms. The number of halogens is 1. The summed E-state index contributed by atoms with van der Waals surface area (Å²) in [6, 6.07) is 8.74. The van der Waals surface area contributed by atoms with Gasteiger partial charge in [0.2, 0.25) is 0 Å². The Labute approximate surface area is 115 Å². The largest absolute Gasteiger partial charge is 0.440 e. The second-order valence-corrected chi connectivity index (χ2v) is 4.28. The smallest absolute Gasteiger partial charge is 0.271 e. The Morgan fingerprint density at radius 3 is 2.55 bits per heavy atom. The van der Waals surface area contributed by atoms with Gasteiger partial charge in [0.1, 0.15) is 11.6 Å². The van der Waals surface area contributed by atoms with Crippen molar-refractivity contribution >= 4 is 18.0 Å². The highest BCUT2D eigenvalue weighted by Crippen LogP contribution is 2.14. The van der Waals surface area contributed by atoms with Crippen LogP contribution in [0.2, 0.25) is 0 Å². The number of benzene rings is 1. The minimum Gasteiger partial charge on any atom is -0.440 e. The van der Waals surface area contributed by atoms with E-state index < -0.39 is 11.7 Å². The number of nitrogens with one attached hydrogen (secondary N) is 1. The van der Waals surface area contributed by atoms with Crippen LogP contribution in [-0.4, -0.2) is 26.2 Å². The lowest BCUT2D eigenvalue weighted by Crippen LogP contribution is -2.17. The first kappa shape index (κ1) is 13.8. The fourth-order valence-corrected chi connectivity index (χ4v) is 1.47. The summed E-state index contributed by atoms with van der Waals surface area (Å²) in [5.74, 6) is 0.405. The van der Waals surface area contributed by atoms with Gasteiger partial charge in [-0.15, -0.1) is 0 Å². The lowest BCUT2D eigenvalue weighted by molar-refractivity contribution is 0.0955. The highest BCUT2D eigenvalue weighted by Gasteiger charge is 2.04. The average Bonchev–Trinajstić information content (AvgIpc) is 2.88. The van der Waals surface area contributed by atoms with Crippen LogP contribution in [0.3, 0.4) is 0 Å². The molecule has 1 aromatic carbocycles. The predicted octanol–water partition coefficient (Wildman–Crippen LogP) is 2.25. The number of carbonyl (C=O) groups excluding carboxylic acids is 1. The lowest BCUT2D eigenvalue weighted by Gasteiger charge is -2.05. The van der Waals surface area contributed by atoms with Gasteiger partial charge in [-0.1, -0.05) is 0 Å². The van der Waals surface area contributed by atoms with Crippen LogP contribution in [0.1, 0.15) is 16.1 Å². The normalized spacial score (nSPS) is 10.8. The predicted molar refractivity (Wildman–Crippen MR) is 74.5 cm³/mol. The second-order valence-electron chi connectivity index (χ2n) is 4.28. The fourth-order valence-electron chi connectivity index (χ4n) is 1.47. The molecule has 0 radical (unpaired) electrons. The van der Waals surface area contributed by atoms with Crippen molar-refractivity contribution in [3.8, 4) is 0 Å². The highest BCUT2D eigenvalue weighted by atomic mass is 19.1. The number of amides is 1. The second kappa shape index (κ2) is 6.01. The third-order valence-corrected chi connectivity index (χ3v) is 2.52. The summed E-state index contributed by atoms with van der Waals surface area (Å²) in [6.45, 7) is 0. The van der Waals surface area contributed by atoms with Gasteiger partial charge in [-0.2, -0.15) is 5.10 Å². The van der Waals surface area contributed by atoms with Gasteiger partial charge < -0.3 is 9.32 Å². The molecular weight excluding hydrogens is 261 g/mol. The molecule has 0 unspecified atom stereocenters. The summed E-state index contributed by atoms with van der Waals surface area (Å²) < 4.78 is 18.1. The van der Waals surface area contributed by atoms with Crippen LogP contribution in [0.5, 0.6) is 0 Å². The van der Waals surface area contributed by atoms with Crippen molar-refractivity contribution < 1.29 is 13.6 Å². The van der Waals surface area contributed by atoms with Crippen LogP contribution in [0.4, 0.5) is 10.3 Å². The maximum absolute atomic E-state index is 12.7. The van der Waals surface area contributed by atoms with E-state index >= 15 is 0 Å². The number of nitrogens with zero attached hydrogens (tertiary/aromatic N) is 2. The molecule has 2 aromatic rings. The molecule has 0 saturated carbocycles. The van der Waals surface area contributed by atoms with Gasteiger partial charge in [0.15, 0.2) is 5.88 Å². The summed E-state index contributed by atoms with van der Waals surface area (Å²) in [5.41, 5.74) is 2.67. The summed E-state index contributed by atoms with van der Waals surface area (Å²) in [6.07, 6.45) is 1.40. The molecule has 0 aliphatic rings. The number of rotatable bonds is 4. The molecule has 5 nitrogen and oxygen atoms in total. The molecule has 2 rings (SSSR count). The number of hydrazone groups is 1. The number of hydrogen-bond acceptors (Lipinski definition) is 4. The lowest BCUT2D eigenvalue weighted by atomic mass is 10.2. The highest BCUT2D eigenvalue weighted by molar-refractivity contribution is 5.94. The van der Waals surface area contributed by atoms with Crippen LogP contribution >= 0.6 is 0 Å². The molecule has 0 bridgehead atoms. The molecule has 0 spiro atoms. The van der Waals surface area contributed by atoms with Crippen LogP contribution in [-0.2, 0) is 0 Å². The van der Waals surface area contributed by atoms with Crippen LogP contribution in [0.25, 0.3) is 0 Å². The van der Waals surface area contributed by atoms with Gasteiger partial charge in [-0.05, 0) is 30.3 Å². The molecule has 6 heteroatoms. The van der Waals surface area contributed by atoms with E-state index in [9.17, 15) is 9.18 Å². The quantitative estimate of drug-likeness (QED) is 0.687. The van der Waals surface area contributed by atoms with Gasteiger partial charge >= 0.3 is 0 Å². The zero-order valence-corrected chi connectivity index (χ0v) is 11.1. The molecule has 0 saturated heterocycles. The number of furan rings is 1. The molecule has 0 fully saturated rings. The van der Waals surface area contributed by atoms with Crippen molar-refractivity contribution in [2.24, 2.45) is 5.10 Å². The number of carbonyl (C=O) groups is 1. The molecule has 1 N–H and O–H groups in total. The topological polar surface area (TPSA) is 57.8 Å². The Morgan fingerprint density at radius 2 is 1.95 bits per heavy atom.